The molecule has 7 nitrogen and oxygen atoms in total. The molecule has 190 valence electrons. The Hall–Kier alpha value is -2.54. The fourth-order valence-corrected chi connectivity index (χ4v) is 5.67. The molecule has 35 heavy (non-hydrogen) atoms. The summed E-state index contributed by atoms with van der Waals surface area (Å²) in [6, 6.07) is 8.30. The second-order valence-corrected chi connectivity index (χ2v) is 10.8. The summed E-state index contributed by atoms with van der Waals surface area (Å²) < 4.78 is 5.99. The molecule has 2 amide bonds. The molecule has 4 aliphatic rings. The van der Waals surface area contributed by atoms with Gasteiger partial charge in [0, 0.05) is 51.7 Å². The van der Waals surface area contributed by atoms with E-state index in [1.54, 1.807) is 0 Å². The molecular formula is C28H39N3O4. The minimum absolute atomic E-state index is 0.129. The van der Waals surface area contributed by atoms with E-state index in [-0.39, 0.29) is 5.92 Å². The topological polar surface area (TPSA) is 73.3 Å². The lowest BCUT2D eigenvalue weighted by Gasteiger charge is -2.37. The Morgan fingerprint density at radius 2 is 1.57 bits per heavy atom. The van der Waals surface area contributed by atoms with Crippen molar-refractivity contribution in [2.45, 2.75) is 44.9 Å². The van der Waals surface area contributed by atoms with E-state index in [0.717, 1.165) is 70.0 Å². The smallest absolute Gasteiger partial charge is 0.407 e. The summed E-state index contributed by atoms with van der Waals surface area (Å²) in [5.41, 5.74) is 2.54. The average Bonchev–Trinajstić information content (AvgIpc) is 3.72. The van der Waals surface area contributed by atoms with Gasteiger partial charge in [0.25, 0.3) is 0 Å². The molecule has 2 heterocycles. The predicted molar refractivity (Wildman–Crippen MR) is 135 cm³/mol. The van der Waals surface area contributed by atoms with Gasteiger partial charge in [0.2, 0.25) is 5.91 Å². The third-order valence-corrected chi connectivity index (χ3v) is 8.25. The number of piperazine rings is 1. The number of benzene rings is 1. The number of allylic oxidation sites excluding steroid dienone is 2. The predicted octanol–water partition coefficient (Wildman–Crippen LogP) is 4.19. The van der Waals surface area contributed by atoms with Gasteiger partial charge in [-0.3, -0.25) is 9.69 Å². The molecular weight excluding hydrogens is 442 g/mol. The summed E-state index contributed by atoms with van der Waals surface area (Å²) in [5.74, 6) is 2.67. The molecule has 2 aliphatic carbocycles. The molecule has 1 aromatic rings. The second-order valence-electron chi connectivity index (χ2n) is 10.8. The third-order valence-electron chi connectivity index (χ3n) is 8.25. The van der Waals surface area contributed by atoms with Crippen molar-refractivity contribution in [3.05, 3.63) is 35.9 Å². The highest BCUT2D eigenvalue weighted by molar-refractivity contribution is 5.81. The number of piperidine rings is 1. The SMILES string of the molecule is O=C(O)N1CCC(COc2ccc(C3=CCC(C(=O)N4CCN(CC5CC5)CC4)CC3)cc2)CC1. The second kappa shape index (κ2) is 11.0. The van der Waals surface area contributed by atoms with Crippen LogP contribution in [0.4, 0.5) is 4.79 Å². The van der Waals surface area contributed by atoms with E-state index < -0.39 is 6.09 Å². The molecule has 2 aliphatic heterocycles. The maximum Gasteiger partial charge on any atom is 0.407 e. The third kappa shape index (κ3) is 6.37. The zero-order valence-corrected chi connectivity index (χ0v) is 20.7. The average molecular weight is 482 g/mol. The van der Waals surface area contributed by atoms with E-state index in [9.17, 15) is 9.59 Å². The van der Waals surface area contributed by atoms with Gasteiger partial charge >= 0.3 is 6.09 Å². The van der Waals surface area contributed by atoms with Crippen LogP contribution in [0.25, 0.3) is 5.57 Å². The van der Waals surface area contributed by atoms with Crippen molar-refractivity contribution in [2.24, 2.45) is 17.8 Å². The first-order valence-corrected chi connectivity index (χ1v) is 13.5. The standard InChI is InChI=1S/C28H39N3O4/c32-27(30-17-15-29(16-18-30)19-21-1-2-21)25-5-3-23(4-6-25)24-7-9-26(10-8-24)35-20-22-11-13-31(14-12-22)28(33)34/h3,7-10,21-22,25H,1-2,4-6,11-20H2,(H,33,34). The fraction of sp³-hybridized carbons (Fsp3) is 0.643. The zero-order valence-electron chi connectivity index (χ0n) is 20.7. The zero-order chi connectivity index (χ0) is 24.2. The molecule has 2 saturated heterocycles. The van der Waals surface area contributed by atoms with Gasteiger partial charge in [-0.1, -0.05) is 18.2 Å². The van der Waals surface area contributed by atoms with Gasteiger partial charge in [0.15, 0.2) is 0 Å². The molecule has 0 radical (unpaired) electrons. The molecule has 0 aromatic heterocycles. The van der Waals surface area contributed by atoms with Gasteiger partial charge in [-0.15, -0.1) is 0 Å². The molecule has 7 heteroatoms. The lowest BCUT2D eigenvalue weighted by atomic mass is 9.85. The van der Waals surface area contributed by atoms with Crippen molar-refractivity contribution < 1.29 is 19.4 Å². The molecule has 1 saturated carbocycles. The number of hydrogen-bond donors (Lipinski definition) is 1. The molecule has 0 spiro atoms. The summed E-state index contributed by atoms with van der Waals surface area (Å²) >= 11 is 0. The molecule has 1 unspecified atom stereocenters. The van der Waals surface area contributed by atoms with Gasteiger partial charge in [-0.05, 0) is 80.1 Å². The van der Waals surface area contributed by atoms with Gasteiger partial charge < -0.3 is 19.6 Å². The fourth-order valence-electron chi connectivity index (χ4n) is 5.67. The van der Waals surface area contributed by atoms with E-state index >= 15 is 0 Å². The number of nitrogens with zero attached hydrogens (tertiary/aromatic N) is 3. The Bertz CT molecular complexity index is 911. The summed E-state index contributed by atoms with van der Waals surface area (Å²) in [4.78, 5) is 30.2. The van der Waals surface area contributed by atoms with Crippen molar-refractivity contribution in [1.82, 2.24) is 14.7 Å². The summed E-state index contributed by atoms with van der Waals surface area (Å²) in [5, 5.41) is 9.07. The van der Waals surface area contributed by atoms with E-state index in [4.69, 9.17) is 9.84 Å². The van der Waals surface area contributed by atoms with Crippen molar-refractivity contribution in [2.75, 3.05) is 52.4 Å². The van der Waals surface area contributed by atoms with Crippen LogP contribution in [0.2, 0.25) is 0 Å². The minimum atomic E-state index is -0.824. The number of rotatable bonds is 7. The Kier molecular flexibility index (Phi) is 7.61. The number of hydrogen-bond acceptors (Lipinski definition) is 4. The molecule has 1 aromatic carbocycles. The molecule has 1 N–H and O–H groups in total. The molecule has 0 bridgehead atoms. The van der Waals surface area contributed by atoms with E-state index in [2.05, 4.69) is 28.0 Å². The van der Waals surface area contributed by atoms with Crippen LogP contribution in [0.15, 0.2) is 30.3 Å². The van der Waals surface area contributed by atoms with Gasteiger partial charge in [-0.25, -0.2) is 4.79 Å². The Morgan fingerprint density at radius 1 is 0.857 bits per heavy atom. The molecule has 5 rings (SSSR count). The van der Waals surface area contributed by atoms with Crippen LogP contribution in [0.1, 0.15) is 50.5 Å². The number of ether oxygens (including phenoxy) is 1. The van der Waals surface area contributed by atoms with Crippen LogP contribution in [0.5, 0.6) is 5.75 Å². The summed E-state index contributed by atoms with van der Waals surface area (Å²) in [6.07, 6.45) is 8.64. The van der Waals surface area contributed by atoms with Crippen LogP contribution in [-0.2, 0) is 4.79 Å². The highest BCUT2D eigenvalue weighted by Gasteiger charge is 2.31. The largest absolute Gasteiger partial charge is 0.493 e. The number of likely N-dealkylation sites (tertiary alicyclic amines) is 1. The van der Waals surface area contributed by atoms with Crippen LogP contribution >= 0.6 is 0 Å². The first-order valence-electron chi connectivity index (χ1n) is 13.5. The highest BCUT2D eigenvalue weighted by atomic mass is 16.5. The Balaban J connectivity index is 1.05. The van der Waals surface area contributed by atoms with Crippen molar-refractivity contribution in [3.63, 3.8) is 0 Å². The normalized spacial score (nSPS) is 24.2. The first kappa shape index (κ1) is 24.2. The monoisotopic (exact) mass is 481 g/mol. The quantitative estimate of drug-likeness (QED) is 0.632. The lowest BCUT2D eigenvalue weighted by molar-refractivity contribution is -0.137. The molecule has 1 atom stereocenters. The number of carboxylic acid groups (broad SMARTS) is 1. The van der Waals surface area contributed by atoms with Gasteiger partial charge in [0.05, 0.1) is 6.61 Å². The van der Waals surface area contributed by atoms with Crippen LogP contribution in [0.3, 0.4) is 0 Å². The van der Waals surface area contributed by atoms with Crippen LogP contribution in [0, 0.1) is 17.8 Å². The number of carbonyl (C=O) groups excluding carboxylic acids is 1. The van der Waals surface area contributed by atoms with Crippen molar-refractivity contribution in [1.29, 1.82) is 0 Å². The minimum Gasteiger partial charge on any atom is -0.493 e. The number of carbonyl (C=O) groups is 2. The van der Waals surface area contributed by atoms with E-state index in [1.807, 2.05) is 12.1 Å². The Morgan fingerprint density at radius 3 is 2.17 bits per heavy atom. The van der Waals surface area contributed by atoms with Crippen LogP contribution in [-0.4, -0.2) is 84.2 Å². The number of amides is 2. The lowest BCUT2D eigenvalue weighted by Crippen LogP contribution is -2.50. The summed E-state index contributed by atoms with van der Waals surface area (Å²) in [7, 11) is 0. The summed E-state index contributed by atoms with van der Waals surface area (Å²) in [6.45, 7) is 6.89. The van der Waals surface area contributed by atoms with Gasteiger partial charge in [-0.2, -0.15) is 0 Å². The first-order chi connectivity index (χ1) is 17.0. The van der Waals surface area contributed by atoms with Gasteiger partial charge in [0.1, 0.15) is 5.75 Å². The van der Waals surface area contributed by atoms with Crippen molar-refractivity contribution in [3.8, 4) is 5.75 Å². The van der Waals surface area contributed by atoms with E-state index in [0.29, 0.717) is 31.5 Å². The van der Waals surface area contributed by atoms with Crippen LogP contribution < -0.4 is 4.74 Å². The highest BCUT2D eigenvalue weighted by Crippen LogP contribution is 2.33. The maximum atomic E-state index is 13.1. The van der Waals surface area contributed by atoms with E-state index in [1.165, 1.54) is 35.4 Å². The maximum absolute atomic E-state index is 13.1. The Labute approximate surface area is 208 Å². The molecule has 3 fully saturated rings. The van der Waals surface area contributed by atoms with Crippen molar-refractivity contribution >= 4 is 17.6 Å².